The summed E-state index contributed by atoms with van der Waals surface area (Å²) >= 11 is 0. The molecule has 7 nitrogen and oxygen atoms in total. The van der Waals surface area contributed by atoms with Crippen molar-refractivity contribution in [3.05, 3.63) is 75.0 Å². The third-order valence-electron chi connectivity index (χ3n) is 8.24. The summed E-state index contributed by atoms with van der Waals surface area (Å²) in [4.78, 5) is 63.2. The highest BCUT2D eigenvalue weighted by molar-refractivity contribution is 6.31. The Hall–Kier alpha value is -4.13. The van der Waals surface area contributed by atoms with Crippen molar-refractivity contribution in [2.24, 2.45) is 22.7 Å². The highest BCUT2D eigenvalue weighted by atomic mass is 16.5. The molecule has 1 N–H and O–H groups in total. The summed E-state index contributed by atoms with van der Waals surface area (Å²) in [5.41, 5.74) is 4.84. The first-order valence-electron chi connectivity index (χ1n) is 13.7. The lowest BCUT2D eigenvalue weighted by atomic mass is 9.69. The van der Waals surface area contributed by atoms with Gasteiger partial charge in [0, 0.05) is 57.0 Å². The van der Waals surface area contributed by atoms with Gasteiger partial charge in [-0.05, 0) is 62.0 Å². The van der Waals surface area contributed by atoms with Crippen molar-refractivity contribution in [1.29, 1.82) is 0 Å². The number of aliphatic imine (C=N–C) groups is 1. The molecule has 3 aliphatic rings. The summed E-state index contributed by atoms with van der Waals surface area (Å²) in [6.07, 6.45) is 3.48. The summed E-state index contributed by atoms with van der Waals surface area (Å²) in [5, 5.41) is 1.00. The second-order valence-electron chi connectivity index (χ2n) is 11.3. The maximum Gasteiger partial charge on any atom is 0.186 e. The lowest BCUT2D eigenvalue weighted by Crippen LogP contribution is -2.37. The van der Waals surface area contributed by atoms with Gasteiger partial charge in [-0.2, -0.15) is 0 Å². The predicted molar refractivity (Wildman–Crippen MR) is 155 cm³/mol. The van der Waals surface area contributed by atoms with Crippen LogP contribution in [0.3, 0.4) is 0 Å². The molecule has 7 heteroatoms. The molecule has 1 aromatic heterocycles. The molecule has 0 radical (unpaired) electrons. The first kappa shape index (κ1) is 27.4. The van der Waals surface area contributed by atoms with Gasteiger partial charge in [-0.15, -0.1) is 0 Å². The van der Waals surface area contributed by atoms with E-state index in [0.29, 0.717) is 41.3 Å². The minimum absolute atomic E-state index is 0.200. The third kappa shape index (κ3) is 4.24. The van der Waals surface area contributed by atoms with Gasteiger partial charge in [0.15, 0.2) is 23.1 Å². The normalized spacial score (nSPS) is 18.3. The van der Waals surface area contributed by atoms with Gasteiger partial charge in [0.25, 0.3) is 0 Å². The van der Waals surface area contributed by atoms with Crippen LogP contribution in [0.15, 0.2) is 68.8 Å². The van der Waals surface area contributed by atoms with Crippen molar-refractivity contribution in [2.45, 2.75) is 48.0 Å². The Kier molecular flexibility index (Phi) is 6.94. The Morgan fingerprint density at radius 1 is 0.850 bits per heavy atom. The molecule has 40 heavy (non-hydrogen) atoms. The van der Waals surface area contributed by atoms with Gasteiger partial charge in [-0.1, -0.05) is 27.7 Å². The van der Waals surface area contributed by atoms with Gasteiger partial charge in [0.1, 0.15) is 5.75 Å². The van der Waals surface area contributed by atoms with E-state index in [2.05, 4.69) is 4.98 Å². The standard InChI is InChI=1S/C33H34N2O5/c1-15(2)22-13-25(36)17(5)27(32(22)38)29(28-18(6)26(37)14-23(16(3)4)33(28)39)31-30-21(10-11-34-31)20-9-8-19(40-7)12-24(20)35-30/h8-9,12-16,29,35H,10-11H2,1-7H3. The molecule has 0 unspecified atom stereocenters. The molecule has 0 saturated carbocycles. The molecule has 5 rings (SSSR count). The van der Waals surface area contributed by atoms with Crippen LogP contribution < -0.4 is 4.74 Å². The Balaban J connectivity index is 1.81. The van der Waals surface area contributed by atoms with Crippen molar-refractivity contribution in [3.63, 3.8) is 0 Å². The summed E-state index contributed by atoms with van der Waals surface area (Å²) in [5.74, 6) is -1.80. The predicted octanol–water partition coefficient (Wildman–Crippen LogP) is 5.24. The van der Waals surface area contributed by atoms with E-state index in [1.807, 2.05) is 45.9 Å². The van der Waals surface area contributed by atoms with E-state index in [1.165, 1.54) is 12.2 Å². The molecular formula is C33H34N2O5. The van der Waals surface area contributed by atoms with Gasteiger partial charge in [-0.25, -0.2) is 0 Å². The number of fused-ring (bicyclic) bond motifs is 3. The van der Waals surface area contributed by atoms with Crippen LogP contribution in [0.2, 0.25) is 0 Å². The zero-order valence-electron chi connectivity index (χ0n) is 24.0. The van der Waals surface area contributed by atoms with Crippen LogP contribution in [0.25, 0.3) is 10.9 Å². The van der Waals surface area contributed by atoms with Crippen LogP contribution in [0, 0.1) is 17.8 Å². The number of aromatic nitrogens is 1. The molecule has 0 saturated heterocycles. The minimum Gasteiger partial charge on any atom is -0.497 e. The topological polar surface area (TPSA) is 106 Å². The second-order valence-corrected chi connectivity index (χ2v) is 11.3. The van der Waals surface area contributed by atoms with Crippen LogP contribution in [-0.4, -0.2) is 47.5 Å². The number of nitrogens with one attached hydrogen (secondary N) is 1. The average molecular weight is 539 g/mol. The first-order valence-corrected chi connectivity index (χ1v) is 13.7. The van der Waals surface area contributed by atoms with E-state index in [-0.39, 0.29) is 57.3 Å². The molecule has 0 spiro atoms. The number of hydrogen-bond acceptors (Lipinski definition) is 6. The van der Waals surface area contributed by atoms with Crippen LogP contribution in [-0.2, 0) is 25.6 Å². The Labute approximate surface area is 233 Å². The molecule has 1 aromatic carbocycles. The fraction of sp³-hybridized carbons (Fsp3) is 0.364. The third-order valence-corrected chi connectivity index (χ3v) is 8.24. The fourth-order valence-corrected chi connectivity index (χ4v) is 5.96. The second kappa shape index (κ2) is 10.1. The van der Waals surface area contributed by atoms with Gasteiger partial charge in [-0.3, -0.25) is 24.2 Å². The summed E-state index contributed by atoms with van der Waals surface area (Å²) in [7, 11) is 1.61. The van der Waals surface area contributed by atoms with E-state index >= 15 is 0 Å². The van der Waals surface area contributed by atoms with Gasteiger partial charge in [0.2, 0.25) is 0 Å². The van der Waals surface area contributed by atoms with Crippen molar-refractivity contribution in [1.82, 2.24) is 4.98 Å². The highest BCUT2D eigenvalue weighted by Crippen LogP contribution is 2.41. The molecule has 0 amide bonds. The van der Waals surface area contributed by atoms with Crippen LogP contribution in [0.4, 0.5) is 0 Å². The number of aromatic amines is 1. The maximum absolute atomic E-state index is 14.1. The lowest BCUT2D eigenvalue weighted by molar-refractivity contribution is -0.117. The van der Waals surface area contributed by atoms with Crippen LogP contribution in [0.1, 0.15) is 52.8 Å². The number of methoxy groups -OCH3 is 1. The van der Waals surface area contributed by atoms with Crippen molar-refractivity contribution >= 4 is 39.7 Å². The molecule has 1 aliphatic heterocycles. The maximum atomic E-state index is 14.1. The molecular weight excluding hydrogens is 504 g/mol. The summed E-state index contributed by atoms with van der Waals surface area (Å²) in [6.45, 7) is 11.2. The number of ether oxygens (including phenoxy) is 1. The van der Waals surface area contributed by atoms with Crippen molar-refractivity contribution in [3.8, 4) is 5.75 Å². The monoisotopic (exact) mass is 538 g/mol. The van der Waals surface area contributed by atoms with Crippen molar-refractivity contribution < 1.29 is 23.9 Å². The summed E-state index contributed by atoms with van der Waals surface area (Å²) < 4.78 is 5.43. The van der Waals surface area contributed by atoms with E-state index in [1.54, 1.807) is 21.0 Å². The van der Waals surface area contributed by atoms with Crippen LogP contribution in [0.5, 0.6) is 5.75 Å². The smallest absolute Gasteiger partial charge is 0.186 e. The molecule has 0 atom stereocenters. The Bertz CT molecular complexity index is 1600. The fourth-order valence-electron chi connectivity index (χ4n) is 5.96. The number of ketones is 4. The molecule has 2 aromatic rings. The summed E-state index contributed by atoms with van der Waals surface area (Å²) in [6, 6.07) is 5.78. The SMILES string of the molecule is COc1ccc2c3c([nH]c2c1)C(C(C1=C(C)C(=O)C=C(C(C)C)C1=O)C1=C(C)C(=O)C=C(C(C)C)C1=O)=NCC3. The largest absolute Gasteiger partial charge is 0.497 e. The number of carbonyl (C=O) groups is 4. The molecule has 206 valence electrons. The number of benzene rings is 1. The van der Waals surface area contributed by atoms with Gasteiger partial charge in [0.05, 0.1) is 24.4 Å². The van der Waals surface area contributed by atoms with Crippen molar-refractivity contribution in [2.75, 3.05) is 13.7 Å². The number of carbonyl (C=O) groups excluding carboxylic acids is 4. The first-order chi connectivity index (χ1) is 19.0. The lowest BCUT2D eigenvalue weighted by Gasteiger charge is -2.32. The number of Topliss-reactive ketones (excluding diaryl/α,β-unsaturated/α-hetero) is 2. The molecule has 0 fully saturated rings. The zero-order valence-corrected chi connectivity index (χ0v) is 24.0. The van der Waals surface area contributed by atoms with Gasteiger partial charge < -0.3 is 9.72 Å². The highest BCUT2D eigenvalue weighted by Gasteiger charge is 2.43. The van der Waals surface area contributed by atoms with E-state index in [9.17, 15) is 19.2 Å². The average Bonchev–Trinajstić information content (AvgIpc) is 3.29. The molecule has 2 aliphatic carbocycles. The zero-order chi connectivity index (χ0) is 29.0. The number of rotatable bonds is 6. The minimum atomic E-state index is -0.980. The quantitative estimate of drug-likeness (QED) is 0.507. The number of H-pyrrole nitrogens is 1. The molecule has 2 heterocycles. The van der Waals surface area contributed by atoms with Crippen LogP contribution >= 0.6 is 0 Å². The van der Waals surface area contributed by atoms with E-state index < -0.39 is 5.92 Å². The Morgan fingerprint density at radius 2 is 1.40 bits per heavy atom. The molecule has 0 bridgehead atoms. The number of nitrogens with zero attached hydrogens (tertiary/aromatic N) is 1. The van der Waals surface area contributed by atoms with E-state index in [4.69, 9.17) is 9.73 Å². The van der Waals surface area contributed by atoms with Gasteiger partial charge >= 0.3 is 0 Å². The number of hydrogen-bond donors (Lipinski definition) is 1. The Morgan fingerprint density at radius 3 is 1.90 bits per heavy atom. The number of allylic oxidation sites excluding steroid dienone is 8. The van der Waals surface area contributed by atoms with E-state index in [0.717, 1.165) is 16.5 Å².